The summed E-state index contributed by atoms with van der Waals surface area (Å²) in [6, 6.07) is 7.28. The second kappa shape index (κ2) is 3.08. The maximum Gasteiger partial charge on any atom is 0.321 e. The van der Waals surface area contributed by atoms with Crippen molar-refractivity contribution in [2.45, 2.75) is 6.82 Å². The first-order chi connectivity index (χ1) is 4.72. The zero-order chi connectivity index (χ0) is 7.56. The summed E-state index contributed by atoms with van der Waals surface area (Å²) in [6.45, 7) is 1.22. The molecule has 0 saturated carbocycles. The van der Waals surface area contributed by atoms with Crippen LogP contribution in [0.15, 0.2) is 24.3 Å². The minimum Gasteiger partial charge on any atom is -0.446 e. The second-order valence-corrected chi connectivity index (χ2v) is 2.60. The second-order valence-electron chi connectivity index (χ2n) is 2.20. The molecular formula is C7H8BClO. The van der Waals surface area contributed by atoms with E-state index in [2.05, 4.69) is 0 Å². The van der Waals surface area contributed by atoms with E-state index in [4.69, 9.17) is 16.6 Å². The summed E-state index contributed by atoms with van der Waals surface area (Å²) in [7, 11) is 0. The molecule has 0 heterocycles. The van der Waals surface area contributed by atoms with Gasteiger partial charge < -0.3 is 5.02 Å². The van der Waals surface area contributed by atoms with Crippen molar-refractivity contribution in [1.82, 2.24) is 0 Å². The third-order valence-corrected chi connectivity index (χ3v) is 1.70. The SMILES string of the molecule is CB(O)c1ccccc1Cl. The van der Waals surface area contributed by atoms with Crippen LogP contribution < -0.4 is 5.46 Å². The maximum absolute atomic E-state index is 9.12. The minimum atomic E-state index is -0.478. The Labute approximate surface area is 65.8 Å². The molecule has 0 fully saturated rings. The monoisotopic (exact) mass is 154 g/mol. The quantitative estimate of drug-likeness (QED) is 0.602. The highest BCUT2D eigenvalue weighted by Crippen LogP contribution is 2.03. The van der Waals surface area contributed by atoms with Gasteiger partial charge in [-0.15, -0.1) is 0 Å². The Morgan fingerprint density at radius 1 is 1.40 bits per heavy atom. The van der Waals surface area contributed by atoms with Crippen LogP contribution in [0.5, 0.6) is 0 Å². The summed E-state index contributed by atoms with van der Waals surface area (Å²) in [6.07, 6.45) is 0. The van der Waals surface area contributed by atoms with Gasteiger partial charge in [0.2, 0.25) is 0 Å². The van der Waals surface area contributed by atoms with Crippen LogP contribution in [0.3, 0.4) is 0 Å². The van der Waals surface area contributed by atoms with Crippen LogP contribution in [-0.4, -0.2) is 11.9 Å². The van der Waals surface area contributed by atoms with Crippen molar-refractivity contribution in [2.24, 2.45) is 0 Å². The van der Waals surface area contributed by atoms with E-state index in [1.54, 1.807) is 12.9 Å². The third-order valence-electron chi connectivity index (χ3n) is 1.36. The number of hydrogen-bond donors (Lipinski definition) is 1. The Balaban J connectivity index is 3.03. The lowest BCUT2D eigenvalue weighted by Gasteiger charge is -2.01. The summed E-state index contributed by atoms with van der Waals surface area (Å²) in [5, 5.41) is 9.74. The Bertz CT molecular complexity index is 225. The fraction of sp³-hybridized carbons (Fsp3) is 0.143. The summed E-state index contributed by atoms with van der Waals surface area (Å²) in [4.78, 5) is 0. The molecule has 0 amide bonds. The van der Waals surface area contributed by atoms with Crippen LogP contribution in [0.2, 0.25) is 11.8 Å². The van der Waals surface area contributed by atoms with Gasteiger partial charge in [0.25, 0.3) is 0 Å². The molecule has 10 heavy (non-hydrogen) atoms. The van der Waals surface area contributed by atoms with E-state index in [1.165, 1.54) is 0 Å². The standard InChI is InChI=1S/C7H8BClO/c1-8(10)6-4-2-3-5-7(6)9/h2-5,10H,1H3. The van der Waals surface area contributed by atoms with Gasteiger partial charge in [0, 0.05) is 5.02 Å². The van der Waals surface area contributed by atoms with Crippen LogP contribution in [0.4, 0.5) is 0 Å². The van der Waals surface area contributed by atoms with Crippen molar-refractivity contribution in [3.8, 4) is 0 Å². The van der Waals surface area contributed by atoms with Crippen LogP contribution in [0.25, 0.3) is 0 Å². The summed E-state index contributed by atoms with van der Waals surface area (Å²) in [5.74, 6) is 0. The lowest BCUT2D eigenvalue weighted by molar-refractivity contribution is 0.594. The molecule has 0 radical (unpaired) electrons. The van der Waals surface area contributed by atoms with Gasteiger partial charge in [0.1, 0.15) is 0 Å². The van der Waals surface area contributed by atoms with Crippen molar-refractivity contribution in [3.05, 3.63) is 29.3 Å². The lowest BCUT2D eigenvalue weighted by Crippen LogP contribution is -2.26. The van der Waals surface area contributed by atoms with Crippen LogP contribution in [0, 0.1) is 0 Å². The third kappa shape index (κ3) is 1.52. The van der Waals surface area contributed by atoms with Crippen LogP contribution in [0.1, 0.15) is 0 Å². The number of halogens is 1. The molecule has 1 rings (SSSR count). The average molecular weight is 154 g/mol. The Morgan fingerprint density at radius 2 is 2.00 bits per heavy atom. The molecule has 3 heteroatoms. The molecule has 0 bridgehead atoms. The van der Waals surface area contributed by atoms with E-state index < -0.39 is 6.92 Å². The highest BCUT2D eigenvalue weighted by Gasteiger charge is 2.08. The normalized spacial score (nSPS) is 9.50. The molecule has 1 nitrogen and oxygen atoms in total. The molecule has 0 aliphatic rings. The van der Waals surface area contributed by atoms with Crippen LogP contribution >= 0.6 is 11.6 Å². The van der Waals surface area contributed by atoms with Crippen molar-refractivity contribution in [1.29, 1.82) is 0 Å². The van der Waals surface area contributed by atoms with Crippen molar-refractivity contribution in [3.63, 3.8) is 0 Å². The predicted octanol–water partition coefficient (Wildman–Crippen LogP) is 1.16. The highest BCUT2D eigenvalue weighted by molar-refractivity contribution is 6.67. The molecular weight excluding hydrogens is 146 g/mol. The lowest BCUT2D eigenvalue weighted by atomic mass is 9.64. The molecule has 52 valence electrons. The van der Waals surface area contributed by atoms with Gasteiger partial charge in [-0.05, 0) is 11.5 Å². The fourth-order valence-corrected chi connectivity index (χ4v) is 1.11. The van der Waals surface area contributed by atoms with E-state index in [9.17, 15) is 0 Å². The first kappa shape index (κ1) is 7.64. The molecule has 0 aliphatic carbocycles. The van der Waals surface area contributed by atoms with Crippen molar-refractivity contribution >= 4 is 24.0 Å². The first-order valence-corrected chi connectivity index (χ1v) is 3.52. The van der Waals surface area contributed by atoms with Gasteiger partial charge in [-0.1, -0.05) is 36.6 Å². The summed E-state index contributed by atoms with van der Waals surface area (Å²) in [5.41, 5.74) is 0.782. The fourth-order valence-electron chi connectivity index (χ4n) is 0.814. The number of benzene rings is 1. The van der Waals surface area contributed by atoms with Gasteiger partial charge >= 0.3 is 6.92 Å². The van der Waals surface area contributed by atoms with Crippen molar-refractivity contribution < 1.29 is 5.02 Å². The molecule has 1 aromatic carbocycles. The Kier molecular flexibility index (Phi) is 2.36. The van der Waals surface area contributed by atoms with Gasteiger partial charge in [-0.2, -0.15) is 0 Å². The van der Waals surface area contributed by atoms with Crippen LogP contribution in [-0.2, 0) is 0 Å². The highest BCUT2D eigenvalue weighted by atomic mass is 35.5. The minimum absolute atomic E-state index is 0.478. The predicted molar refractivity (Wildman–Crippen MR) is 44.9 cm³/mol. The number of hydrogen-bond acceptors (Lipinski definition) is 1. The van der Waals surface area contributed by atoms with Gasteiger partial charge in [-0.3, -0.25) is 0 Å². The Morgan fingerprint density at radius 3 is 2.40 bits per heavy atom. The molecule has 0 atom stereocenters. The van der Waals surface area contributed by atoms with E-state index in [0.717, 1.165) is 5.46 Å². The summed E-state index contributed by atoms with van der Waals surface area (Å²) < 4.78 is 0. The topological polar surface area (TPSA) is 20.2 Å². The molecule has 0 aliphatic heterocycles. The summed E-state index contributed by atoms with van der Waals surface area (Å²) >= 11 is 5.76. The zero-order valence-corrected chi connectivity index (χ0v) is 6.47. The maximum atomic E-state index is 9.12. The molecule has 0 spiro atoms. The zero-order valence-electron chi connectivity index (χ0n) is 5.71. The molecule has 0 aromatic heterocycles. The van der Waals surface area contributed by atoms with Gasteiger partial charge in [0.05, 0.1) is 0 Å². The molecule has 1 aromatic rings. The molecule has 0 saturated heterocycles. The van der Waals surface area contributed by atoms with Crippen molar-refractivity contribution in [2.75, 3.05) is 0 Å². The van der Waals surface area contributed by atoms with E-state index in [0.29, 0.717) is 5.02 Å². The van der Waals surface area contributed by atoms with E-state index in [1.807, 2.05) is 18.2 Å². The molecule has 0 unspecified atom stereocenters. The largest absolute Gasteiger partial charge is 0.446 e. The van der Waals surface area contributed by atoms with Gasteiger partial charge in [0.15, 0.2) is 0 Å². The average Bonchev–Trinajstić information content (AvgIpc) is 1.88. The Hall–Kier alpha value is -0.465. The van der Waals surface area contributed by atoms with Gasteiger partial charge in [-0.25, -0.2) is 0 Å². The number of rotatable bonds is 1. The van der Waals surface area contributed by atoms with E-state index in [-0.39, 0.29) is 0 Å². The molecule has 1 N–H and O–H groups in total. The smallest absolute Gasteiger partial charge is 0.321 e. The first-order valence-electron chi connectivity index (χ1n) is 3.14. The van der Waals surface area contributed by atoms with E-state index >= 15 is 0 Å².